The van der Waals surface area contributed by atoms with Crippen molar-refractivity contribution in [2.24, 2.45) is 0 Å². The van der Waals surface area contributed by atoms with E-state index in [1.165, 1.54) is 0 Å². The van der Waals surface area contributed by atoms with Crippen molar-refractivity contribution in [1.29, 1.82) is 0 Å². The van der Waals surface area contributed by atoms with Crippen LogP contribution in [0.3, 0.4) is 0 Å². The normalized spacial score (nSPS) is 11.7. The molecule has 0 aliphatic heterocycles. The van der Waals surface area contributed by atoms with E-state index in [1.807, 2.05) is 26.8 Å². The van der Waals surface area contributed by atoms with Crippen molar-refractivity contribution in [1.82, 2.24) is 4.98 Å². The second kappa shape index (κ2) is 3.80. The Balaban J connectivity index is 2.83. The fraction of sp³-hybridized carbons (Fsp3) is 0.308. The third-order valence-corrected chi connectivity index (χ3v) is 2.71. The van der Waals surface area contributed by atoms with E-state index >= 15 is 0 Å². The molecule has 0 aliphatic carbocycles. The first-order chi connectivity index (χ1) is 7.89. The van der Waals surface area contributed by atoms with Gasteiger partial charge in [0, 0.05) is 23.7 Å². The van der Waals surface area contributed by atoms with E-state index in [1.54, 1.807) is 24.4 Å². The van der Waals surface area contributed by atoms with E-state index in [0.717, 1.165) is 16.5 Å². The number of non-ortho nitro benzene ring substituents is 1. The highest BCUT2D eigenvalue weighted by molar-refractivity contribution is 5.85. The van der Waals surface area contributed by atoms with Gasteiger partial charge < -0.3 is 0 Å². The first-order valence-electron chi connectivity index (χ1n) is 5.43. The Labute approximate surface area is 99.4 Å². The van der Waals surface area contributed by atoms with Crippen molar-refractivity contribution in [3.05, 3.63) is 46.1 Å². The SMILES string of the molecule is CC(C)(C)c1cc([N+](=O)[O-])cc2cccnc12. The van der Waals surface area contributed by atoms with Gasteiger partial charge in [0.25, 0.3) is 5.69 Å². The number of benzene rings is 1. The fourth-order valence-corrected chi connectivity index (χ4v) is 1.85. The van der Waals surface area contributed by atoms with Gasteiger partial charge in [0.05, 0.1) is 10.4 Å². The van der Waals surface area contributed by atoms with Gasteiger partial charge in [-0.05, 0) is 17.0 Å². The van der Waals surface area contributed by atoms with Gasteiger partial charge >= 0.3 is 0 Å². The summed E-state index contributed by atoms with van der Waals surface area (Å²) in [5.74, 6) is 0. The number of nitro groups is 1. The van der Waals surface area contributed by atoms with Gasteiger partial charge in [-0.15, -0.1) is 0 Å². The Morgan fingerprint density at radius 3 is 2.59 bits per heavy atom. The highest BCUT2D eigenvalue weighted by Gasteiger charge is 2.21. The average Bonchev–Trinajstić information content (AvgIpc) is 2.26. The molecule has 4 nitrogen and oxygen atoms in total. The largest absolute Gasteiger partial charge is 0.270 e. The van der Waals surface area contributed by atoms with Crippen molar-refractivity contribution < 1.29 is 4.92 Å². The van der Waals surface area contributed by atoms with E-state index < -0.39 is 0 Å². The van der Waals surface area contributed by atoms with Crippen LogP contribution in [0.25, 0.3) is 10.9 Å². The van der Waals surface area contributed by atoms with Gasteiger partial charge in [-0.25, -0.2) is 0 Å². The fourth-order valence-electron chi connectivity index (χ4n) is 1.85. The van der Waals surface area contributed by atoms with E-state index in [9.17, 15) is 10.1 Å². The Morgan fingerprint density at radius 1 is 1.29 bits per heavy atom. The molecule has 0 N–H and O–H groups in total. The first kappa shape index (κ1) is 11.5. The number of fused-ring (bicyclic) bond motifs is 1. The van der Waals surface area contributed by atoms with Crippen LogP contribution in [0.1, 0.15) is 26.3 Å². The number of rotatable bonds is 1. The summed E-state index contributed by atoms with van der Waals surface area (Å²) in [6.45, 7) is 6.08. The number of nitro benzene ring substituents is 1. The average molecular weight is 230 g/mol. The van der Waals surface area contributed by atoms with Crippen LogP contribution < -0.4 is 0 Å². The molecule has 88 valence electrons. The maximum atomic E-state index is 10.9. The molecule has 0 saturated carbocycles. The molecular weight excluding hydrogens is 216 g/mol. The molecule has 1 aromatic carbocycles. The Bertz CT molecular complexity index is 585. The summed E-state index contributed by atoms with van der Waals surface area (Å²) in [4.78, 5) is 14.9. The van der Waals surface area contributed by atoms with Crippen LogP contribution in [0.4, 0.5) is 5.69 Å². The summed E-state index contributed by atoms with van der Waals surface area (Å²) in [6.07, 6.45) is 1.71. The quantitative estimate of drug-likeness (QED) is 0.557. The molecule has 0 saturated heterocycles. The summed E-state index contributed by atoms with van der Waals surface area (Å²) >= 11 is 0. The Morgan fingerprint density at radius 2 is 2.00 bits per heavy atom. The lowest BCUT2D eigenvalue weighted by Gasteiger charge is -2.20. The molecule has 2 aromatic rings. The highest BCUT2D eigenvalue weighted by atomic mass is 16.6. The standard InChI is InChI=1S/C13H14N2O2/c1-13(2,3)11-8-10(15(16)17)7-9-5-4-6-14-12(9)11/h4-8H,1-3H3. The van der Waals surface area contributed by atoms with Gasteiger partial charge in [0.15, 0.2) is 0 Å². The number of hydrogen-bond donors (Lipinski definition) is 0. The van der Waals surface area contributed by atoms with E-state index in [4.69, 9.17) is 0 Å². The zero-order valence-corrected chi connectivity index (χ0v) is 10.1. The maximum Gasteiger partial charge on any atom is 0.270 e. The monoisotopic (exact) mass is 230 g/mol. The van der Waals surface area contributed by atoms with Crippen LogP contribution in [-0.4, -0.2) is 9.91 Å². The summed E-state index contributed by atoms with van der Waals surface area (Å²) < 4.78 is 0. The van der Waals surface area contributed by atoms with Crippen LogP contribution in [0.15, 0.2) is 30.5 Å². The van der Waals surface area contributed by atoms with Crippen LogP contribution in [-0.2, 0) is 5.41 Å². The highest BCUT2D eigenvalue weighted by Crippen LogP contribution is 2.32. The number of hydrogen-bond acceptors (Lipinski definition) is 3. The molecule has 1 heterocycles. The lowest BCUT2D eigenvalue weighted by molar-refractivity contribution is -0.384. The third kappa shape index (κ3) is 2.11. The maximum absolute atomic E-state index is 10.9. The number of nitrogens with zero attached hydrogens (tertiary/aromatic N) is 2. The zero-order chi connectivity index (χ0) is 12.6. The molecule has 0 atom stereocenters. The second-order valence-electron chi connectivity index (χ2n) is 5.08. The van der Waals surface area contributed by atoms with Crippen molar-refractivity contribution in [3.63, 3.8) is 0 Å². The van der Waals surface area contributed by atoms with Crippen LogP contribution in [0.2, 0.25) is 0 Å². The summed E-state index contributed by atoms with van der Waals surface area (Å²) in [7, 11) is 0. The van der Waals surface area contributed by atoms with Gasteiger partial charge in [0.1, 0.15) is 0 Å². The molecule has 2 rings (SSSR count). The lowest BCUT2D eigenvalue weighted by Crippen LogP contribution is -2.12. The van der Waals surface area contributed by atoms with Gasteiger partial charge in [-0.2, -0.15) is 0 Å². The van der Waals surface area contributed by atoms with E-state index in [2.05, 4.69) is 4.98 Å². The minimum absolute atomic E-state index is 0.121. The molecule has 0 unspecified atom stereocenters. The van der Waals surface area contributed by atoms with E-state index in [0.29, 0.717) is 0 Å². The molecule has 17 heavy (non-hydrogen) atoms. The van der Waals surface area contributed by atoms with Crippen molar-refractivity contribution in [3.8, 4) is 0 Å². The topological polar surface area (TPSA) is 56.0 Å². The van der Waals surface area contributed by atoms with Crippen molar-refractivity contribution in [2.75, 3.05) is 0 Å². The number of aromatic nitrogens is 1. The van der Waals surface area contributed by atoms with Crippen LogP contribution in [0.5, 0.6) is 0 Å². The molecule has 1 aromatic heterocycles. The molecule has 0 amide bonds. The van der Waals surface area contributed by atoms with Crippen LogP contribution >= 0.6 is 0 Å². The zero-order valence-electron chi connectivity index (χ0n) is 10.1. The Kier molecular flexibility index (Phi) is 2.58. The Hall–Kier alpha value is -1.97. The third-order valence-electron chi connectivity index (χ3n) is 2.71. The summed E-state index contributed by atoms with van der Waals surface area (Å²) in [6, 6.07) is 6.83. The molecule has 0 spiro atoms. The van der Waals surface area contributed by atoms with Gasteiger partial charge in [-0.3, -0.25) is 15.1 Å². The molecule has 0 aliphatic rings. The molecular formula is C13H14N2O2. The lowest BCUT2D eigenvalue weighted by atomic mass is 9.85. The minimum Gasteiger partial charge on any atom is -0.258 e. The molecule has 0 fully saturated rings. The summed E-state index contributed by atoms with van der Waals surface area (Å²) in [5, 5.41) is 11.7. The summed E-state index contributed by atoms with van der Waals surface area (Å²) in [5.41, 5.74) is 1.70. The van der Waals surface area contributed by atoms with Crippen LogP contribution in [0, 0.1) is 10.1 Å². The minimum atomic E-state index is -0.359. The van der Waals surface area contributed by atoms with Gasteiger partial charge in [-0.1, -0.05) is 26.8 Å². The number of pyridine rings is 1. The van der Waals surface area contributed by atoms with Gasteiger partial charge in [0.2, 0.25) is 0 Å². The second-order valence-corrected chi connectivity index (χ2v) is 5.08. The first-order valence-corrected chi connectivity index (χ1v) is 5.43. The molecule has 0 bridgehead atoms. The predicted molar refractivity (Wildman–Crippen MR) is 67.1 cm³/mol. The molecule has 0 radical (unpaired) electrons. The van der Waals surface area contributed by atoms with Crippen molar-refractivity contribution in [2.45, 2.75) is 26.2 Å². The molecule has 4 heteroatoms. The van der Waals surface area contributed by atoms with E-state index in [-0.39, 0.29) is 16.0 Å². The smallest absolute Gasteiger partial charge is 0.258 e. The predicted octanol–water partition coefficient (Wildman–Crippen LogP) is 3.44. The van der Waals surface area contributed by atoms with Crippen molar-refractivity contribution >= 4 is 16.6 Å².